The molecule has 0 spiro atoms. The van der Waals surface area contributed by atoms with E-state index in [1.807, 2.05) is 25.1 Å². The van der Waals surface area contributed by atoms with Gasteiger partial charge in [0, 0.05) is 17.1 Å². The molecule has 0 aromatic heterocycles. The van der Waals surface area contributed by atoms with Crippen LogP contribution in [0, 0.1) is 0 Å². The van der Waals surface area contributed by atoms with Crippen LogP contribution in [-0.4, -0.2) is 32.1 Å². The summed E-state index contributed by atoms with van der Waals surface area (Å²) in [5.41, 5.74) is 2.20. The lowest BCUT2D eigenvalue weighted by atomic mass is 10.0. The Hall–Kier alpha value is -2.08. The van der Waals surface area contributed by atoms with E-state index in [0.717, 1.165) is 15.7 Å². The molecular weight excluding hydrogens is 350 g/mol. The molecule has 0 saturated carbocycles. The van der Waals surface area contributed by atoms with Crippen LogP contribution < -0.4 is 4.90 Å². The molecule has 3 rings (SSSR count). The highest BCUT2D eigenvalue weighted by Crippen LogP contribution is 2.42. The molecule has 0 saturated heterocycles. The number of carbonyl (C=O) groups excluding carboxylic acids is 2. The Morgan fingerprint density at radius 2 is 2.14 bits per heavy atom. The van der Waals surface area contributed by atoms with Gasteiger partial charge in [0.05, 0.1) is 18.4 Å². The summed E-state index contributed by atoms with van der Waals surface area (Å²) in [4.78, 5) is 26.1. The van der Waals surface area contributed by atoms with E-state index < -0.39 is 5.97 Å². The molecule has 0 radical (unpaired) electrons. The minimum absolute atomic E-state index is 0.202. The van der Waals surface area contributed by atoms with Gasteiger partial charge < -0.3 is 14.4 Å². The number of amides is 1. The molecule has 1 aromatic carbocycles. The van der Waals surface area contributed by atoms with Crippen molar-refractivity contribution < 1.29 is 19.1 Å². The van der Waals surface area contributed by atoms with Gasteiger partial charge in [0.25, 0.3) is 5.91 Å². The molecule has 1 atom stereocenters. The number of nitrogens with zero attached hydrogens (tertiary/aromatic N) is 1. The van der Waals surface area contributed by atoms with Crippen molar-refractivity contribution in [3.05, 3.63) is 45.6 Å². The van der Waals surface area contributed by atoms with Crippen LogP contribution in [0.1, 0.15) is 12.5 Å². The maximum Gasteiger partial charge on any atom is 0.341 e. The molecule has 2 heterocycles. The van der Waals surface area contributed by atoms with Gasteiger partial charge in [-0.25, -0.2) is 4.79 Å². The van der Waals surface area contributed by atoms with Crippen LogP contribution in [0.25, 0.3) is 5.57 Å². The highest BCUT2D eigenvalue weighted by atomic mass is 79.9. The molecule has 5 nitrogen and oxygen atoms in total. The Morgan fingerprint density at radius 3 is 2.82 bits per heavy atom. The number of rotatable bonds is 1. The summed E-state index contributed by atoms with van der Waals surface area (Å²) in [5.74, 6) is -0.425. The van der Waals surface area contributed by atoms with E-state index in [9.17, 15) is 9.59 Å². The van der Waals surface area contributed by atoms with E-state index in [1.165, 1.54) is 7.11 Å². The van der Waals surface area contributed by atoms with Gasteiger partial charge in [-0.3, -0.25) is 4.79 Å². The average molecular weight is 364 g/mol. The number of halogens is 1. The van der Waals surface area contributed by atoms with Crippen LogP contribution in [0.3, 0.4) is 0 Å². The monoisotopic (exact) mass is 363 g/mol. The van der Waals surface area contributed by atoms with Crippen molar-refractivity contribution in [1.29, 1.82) is 0 Å². The van der Waals surface area contributed by atoms with Crippen LogP contribution >= 0.6 is 15.9 Å². The molecule has 22 heavy (non-hydrogen) atoms. The predicted octanol–water partition coefficient (Wildman–Crippen LogP) is 2.65. The number of methoxy groups -OCH3 is 1. The number of ether oxygens (including phenoxy) is 2. The normalized spacial score (nSPS) is 23.3. The Morgan fingerprint density at radius 1 is 1.41 bits per heavy atom. The Kier molecular flexibility index (Phi) is 3.56. The first-order valence-corrected chi connectivity index (χ1v) is 7.52. The second kappa shape index (κ2) is 5.28. The molecule has 1 amide bonds. The van der Waals surface area contributed by atoms with Crippen molar-refractivity contribution >= 4 is 39.1 Å². The van der Waals surface area contributed by atoms with Crippen LogP contribution in [0.4, 0.5) is 5.69 Å². The number of anilines is 1. The zero-order valence-corrected chi connectivity index (χ0v) is 13.9. The lowest BCUT2D eigenvalue weighted by Crippen LogP contribution is -2.21. The Balaban J connectivity index is 2.23. The minimum atomic E-state index is -0.509. The van der Waals surface area contributed by atoms with Gasteiger partial charge in [-0.05, 0) is 31.2 Å². The molecule has 114 valence electrons. The molecule has 0 fully saturated rings. The second-order valence-corrected chi connectivity index (χ2v) is 6.04. The highest BCUT2D eigenvalue weighted by molar-refractivity contribution is 9.10. The maximum atomic E-state index is 12.6. The van der Waals surface area contributed by atoms with Crippen LogP contribution in [0.15, 0.2) is 40.1 Å². The number of fused-ring (bicyclic) bond motifs is 1. The lowest BCUT2D eigenvalue weighted by Gasteiger charge is -2.10. The molecule has 0 aliphatic carbocycles. The largest absolute Gasteiger partial charge is 0.485 e. The number of likely N-dealkylation sites (N-methyl/N-ethyl adjacent to an activating group) is 1. The highest BCUT2D eigenvalue weighted by Gasteiger charge is 2.38. The van der Waals surface area contributed by atoms with Crippen molar-refractivity contribution in [3.63, 3.8) is 0 Å². The third kappa shape index (κ3) is 2.14. The first-order valence-electron chi connectivity index (χ1n) is 6.73. The van der Waals surface area contributed by atoms with Crippen molar-refractivity contribution in [2.24, 2.45) is 0 Å². The number of hydrogen-bond donors (Lipinski definition) is 0. The number of esters is 1. The maximum absolute atomic E-state index is 12.6. The minimum Gasteiger partial charge on any atom is -0.485 e. The van der Waals surface area contributed by atoms with E-state index in [1.54, 1.807) is 18.0 Å². The second-order valence-electron chi connectivity index (χ2n) is 5.12. The van der Waals surface area contributed by atoms with Gasteiger partial charge in [0.15, 0.2) is 0 Å². The van der Waals surface area contributed by atoms with E-state index in [-0.39, 0.29) is 17.8 Å². The quantitative estimate of drug-likeness (QED) is 0.568. The predicted molar refractivity (Wildman–Crippen MR) is 85.1 cm³/mol. The van der Waals surface area contributed by atoms with Gasteiger partial charge in [0.2, 0.25) is 0 Å². The summed E-state index contributed by atoms with van der Waals surface area (Å²) in [6.07, 6.45) is 1.38. The smallest absolute Gasteiger partial charge is 0.341 e. The standard InChI is InChI=1S/C16H14BrNO4/c1-8-6-11(16(20)21-3)14(22-8)13-10-7-9(17)4-5-12(10)18(2)15(13)19/h4-8H,1-3H3/b14-13+. The topological polar surface area (TPSA) is 55.8 Å². The fourth-order valence-corrected chi connectivity index (χ4v) is 3.03. The van der Waals surface area contributed by atoms with Crippen molar-refractivity contribution in [3.8, 4) is 0 Å². The van der Waals surface area contributed by atoms with Crippen molar-refractivity contribution in [1.82, 2.24) is 0 Å². The molecular formula is C16H14BrNO4. The van der Waals surface area contributed by atoms with E-state index in [4.69, 9.17) is 9.47 Å². The first kappa shape index (κ1) is 14.8. The van der Waals surface area contributed by atoms with Crippen LogP contribution in [0.2, 0.25) is 0 Å². The van der Waals surface area contributed by atoms with Gasteiger partial charge >= 0.3 is 5.97 Å². The fourth-order valence-electron chi connectivity index (χ4n) is 2.67. The summed E-state index contributed by atoms with van der Waals surface area (Å²) >= 11 is 3.41. The molecule has 0 N–H and O–H groups in total. The van der Waals surface area contributed by atoms with Gasteiger partial charge in [0.1, 0.15) is 17.4 Å². The van der Waals surface area contributed by atoms with E-state index >= 15 is 0 Å². The van der Waals surface area contributed by atoms with Crippen LogP contribution in [0.5, 0.6) is 0 Å². The fraction of sp³-hybridized carbons (Fsp3) is 0.250. The molecule has 1 aromatic rings. The summed E-state index contributed by atoms with van der Waals surface area (Å²) in [6, 6.07) is 5.57. The molecule has 2 aliphatic rings. The Bertz CT molecular complexity index is 751. The first-order chi connectivity index (χ1) is 10.4. The summed E-state index contributed by atoms with van der Waals surface area (Å²) in [7, 11) is 3.00. The van der Waals surface area contributed by atoms with Gasteiger partial charge in [-0.2, -0.15) is 0 Å². The summed E-state index contributed by atoms with van der Waals surface area (Å²) in [5, 5.41) is 0. The van der Waals surface area contributed by atoms with E-state index in [0.29, 0.717) is 11.1 Å². The third-order valence-corrected chi connectivity index (χ3v) is 4.18. The zero-order valence-electron chi connectivity index (χ0n) is 12.3. The SMILES string of the molecule is COC(=O)C1=CC(C)O/C1=C1/C(=O)N(C)c2ccc(Br)cc21. The van der Waals surface area contributed by atoms with Gasteiger partial charge in [-0.1, -0.05) is 15.9 Å². The average Bonchev–Trinajstić information content (AvgIpc) is 2.97. The molecule has 0 bridgehead atoms. The molecule has 2 aliphatic heterocycles. The zero-order chi connectivity index (χ0) is 16.0. The number of hydrogen-bond acceptors (Lipinski definition) is 4. The number of carbonyl (C=O) groups is 2. The lowest BCUT2D eigenvalue weighted by molar-refractivity contribution is -0.135. The van der Waals surface area contributed by atoms with Crippen molar-refractivity contribution in [2.75, 3.05) is 19.1 Å². The molecule has 1 unspecified atom stereocenters. The summed E-state index contributed by atoms with van der Waals surface area (Å²) in [6.45, 7) is 1.81. The van der Waals surface area contributed by atoms with Gasteiger partial charge in [-0.15, -0.1) is 0 Å². The Labute approximate surface area is 136 Å². The van der Waals surface area contributed by atoms with Crippen LogP contribution in [-0.2, 0) is 19.1 Å². The third-order valence-electron chi connectivity index (χ3n) is 3.69. The molecule has 6 heteroatoms. The number of benzene rings is 1. The van der Waals surface area contributed by atoms with E-state index in [2.05, 4.69) is 15.9 Å². The van der Waals surface area contributed by atoms with Crippen molar-refractivity contribution in [2.45, 2.75) is 13.0 Å². The summed E-state index contributed by atoms with van der Waals surface area (Å²) < 4.78 is 11.4.